The molecule has 0 aromatic heterocycles. The van der Waals surface area contributed by atoms with Gasteiger partial charge < -0.3 is 5.32 Å². The van der Waals surface area contributed by atoms with Crippen LogP contribution in [-0.4, -0.2) is 20.9 Å². The first kappa shape index (κ1) is 19.1. The van der Waals surface area contributed by atoms with Gasteiger partial charge in [0.1, 0.15) is 5.82 Å². The largest absolute Gasteiger partial charge is 0.326 e. The van der Waals surface area contributed by atoms with Crippen LogP contribution in [0.2, 0.25) is 0 Å². The summed E-state index contributed by atoms with van der Waals surface area (Å²) in [6.07, 6.45) is 0.552. The maximum atomic E-state index is 12.8. The topological polar surface area (TPSA) is 75.3 Å². The molecule has 0 atom stereocenters. The first-order chi connectivity index (χ1) is 11.8. The minimum absolute atomic E-state index is 0.00580. The summed E-state index contributed by atoms with van der Waals surface area (Å²) in [4.78, 5) is 12.0. The third-order valence-electron chi connectivity index (χ3n) is 3.88. The molecule has 0 fully saturated rings. The number of aryl methyl sites for hydroxylation is 1. The van der Waals surface area contributed by atoms with Gasteiger partial charge in [-0.15, -0.1) is 0 Å². The maximum Gasteiger partial charge on any atom is 0.240 e. The van der Waals surface area contributed by atoms with E-state index in [0.29, 0.717) is 6.42 Å². The van der Waals surface area contributed by atoms with E-state index in [4.69, 9.17) is 0 Å². The molecule has 0 radical (unpaired) electrons. The lowest BCUT2D eigenvalue weighted by atomic mass is 10.1. The van der Waals surface area contributed by atoms with Crippen LogP contribution in [0.3, 0.4) is 0 Å². The Kier molecular flexibility index (Phi) is 6.27. The van der Waals surface area contributed by atoms with Gasteiger partial charge in [0.05, 0.1) is 4.90 Å². The Morgan fingerprint density at radius 1 is 1.08 bits per heavy atom. The third-order valence-corrected chi connectivity index (χ3v) is 5.35. The van der Waals surface area contributed by atoms with E-state index >= 15 is 0 Å². The van der Waals surface area contributed by atoms with Gasteiger partial charge in [-0.05, 0) is 61.7 Å². The van der Waals surface area contributed by atoms with Crippen molar-refractivity contribution in [1.82, 2.24) is 4.72 Å². The second-order valence-electron chi connectivity index (χ2n) is 5.75. The number of anilines is 1. The second kappa shape index (κ2) is 8.22. The average molecular weight is 364 g/mol. The van der Waals surface area contributed by atoms with Crippen LogP contribution in [0, 0.1) is 19.7 Å². The zero-order valence-corrected chi connectivity index (χ0v) is 15.0. The number of nitrogens with one attached hydrogen (secondary N) is 2. The SMILES string of the molecule is Cc1cccc(NC(=O)CCCNS(=O)(=O)c2ccc(F)cc2)c1C. The zero-order chi connectivity index (χ0) is 18.4. The van der Waals surface area contributed by atoms with Crippen LogP contribution in [0.4, 0.5) is 10.1 Å². The molecule has 0 unspecified atom stereocenters. The van der Waals surface area contributed by atoms with Crippen molar-refractivity contribution in [2.75, 3.05) is 11.9 Å². The Labute approximate surface area is 147 Å². The van der Waals surface area contributed by atoms with E-state index in [1.165, 1.54) is 12.1 Å². The molecule has 0 bridgehead atoms. The molecule has 0 aliphatic heterocycles. The number of carbonyl (C=O) groups is 1. The van der Waals surface area contributed by atoms with Gasteiger partial charge in [-0.2, -0.15) is 0 Å². The number of amides is 1. The molecule has 0 saturated carbocycles. The molecular weight excluding hydrogens is 343 g/mol. The van der Waals surface area contributed by atoms with Crippen LogP contribution in [-0.2, 0) is 14.8 Å². The summed E-state index contributed by atoms with van der Waals surface area (Å²) in [7, 11) is -3.69. The zero-order valence-electron chi connectivity index (χ0n) is 14.2. The Hall–Kier alpha value is -2.25. The molecule has 1 amide bonds. The molecule has 7 heteroatoms. The van der Waals surface area contributed by atoms with Gasteiger partial charge in [-0.3, -0.25) is 4.79 Å². The highest BCUT2D eigenvalue weighted by Crippen LogP contribution is 2.18. The summed E-state index contributed by atoms with van der Waals surface area (Å²) in [5.74, 6) is -0.670. The molecule has 2 aromatic carbocycles. The average Bonchev–Trinajstić information content (AvgIpc) is 2.56. The number of benzene rings is 2. The molecule has 25 heavy (non-hydrogen) atoms. The number of rotatable bonds is 7. The van der Waals surface area contributed by atoms with Gasteiger partial charge in [-0.1, -0.05) is 12.1 Å². The van der Waals surface area contributed by atoms with E-state index in [-0.39, 0.29) is 23.8 Å². The first-order valence-electron chi connectivity index (χ1n) is 7.91. The predicted molar refractivity (Wildman–Crippen MR) is 95.4 cm³/mol. The van der Waals surface area contributed by atoms with Crippen LogP contribution in [0.1, 0.15) is 24.0 Å². The lowest BCUT2D eigenvalue weighted by Gasteiger charge is -2.10. The van der Waals surface area contributed by atoms with Crippen LogP contribution >= 0.6 is 0 Å². The van der Waals surface area contributed by atoms with Crippen LogP contribution in [0.5, 0.6) is 0 Å². The molecule has 134 valence electrons. The maximum absolute atomic E-state index is 12.8. The summed E-state index contributed by atoms with van der Waals surface area (Å²) in [5.41, 5.74) is 2.86. The van der Waals surface area contributed by atoms with E-state index in [1.54, 1.807) is 0 Å². The van der Waals surface area contributed by atoms with Gasteiger partial charge in [0.25, 0.3) is 0 Å². The van der Waals surface area contributed by atoms with Gasteiger partial charge in [0.15, 0.2) is 0 Å². The fraction of sp³-hybridized carbons (Fsp3) is 0.278. The van der Waals surface area contributed by atoms with Crippen molar-refractivity contribution in [2.45, 2.75) is 31.6 Å². The number of hydrogen-bond acceptors (Lipinski definition) is 3. The predicted octanol–water partition coefficient (Wildman–Crippen LogP) is 3.14. The standard InChI is InChI=1S/C18H21FN2O3S/c1-13-5-3-6-17(14(13)2)21-18(22)7-4-12-20-25(23,24)16-10-8-15(19)9-11-16/h3,5-6,8-11,20H,4,7,12H2,1-2H3,(H,21,22). The Bertz CT molecular complexity index is 849. The van der Waals surface area contributed by atoms with Crippen molar-refractivity contribution < 1.29 is 17.6 Å². The highest BCUT2D eigenvalue weighted by molar-refractivity contribution is 7.89. The number of carbonyl (C=O) groups excluding carboxylic acids is 1. The minimum atomic E-state index is -3.69. The summed E-state index contributed by atoms with van der Waals surface area (Å²) in [6, 6.07) is 10.2. The lowest BCUT2D eigenvalue weighted by molar-refractivity contribution is -0.116. The van der Waals surface area contributed by atoms with E-state index in [0.717, 1.165) is 28.9 Å². The minimum Gasteiger partial charge on any atom is -0.326 e. The van der Waals surface area contributed by atoms with Crippen LogP contribution in [0.15, 0.2) is 47.4 Å². The lowest BCUT2D eigenvalue weighted by Crippen LogP contribution is -2.25. The summed E-state index contributed by atoms with van der Waals surface area (Å²) in [6.45, 7) is 4.02. The first-order valence-corrected chi connectivity index (χ1v) is 9.39. The normalized spacial score (nSPS) is 11.3. The van der Waals surface area contributed by atoms with E-state index in [1.807, 2.05) is 32.0 Å². The number of halogens is 1. The third kappa shape index (κ3) is 5.37. The van der Waals surface area contributed by atoms with Crippen molar-refractivity contribution in [2.24, 2.45) is 0 Å². The molecule has 2 rings (SSSR count). The van der Waals surface area contributed by atoms with Crippen molar-refractivity contribution >= 4 is 21.6 Å². The molecule has 0 saturated heterocycles. The Morgan fingerprint density at radius 2 is 1.76 bits per heavy atom. The summed E-state index contributed by atoms with van der Waals surface area (Å²) in [5, 5.41) is 2.83. The fourth-order valence-corrected chi connectivity index (χ4v) is 3.33. The highest BCUT2D eigenvalue weighted by atomic mass is 32.2. The van der Waals surface area contributed by atoms with E-state index < -0.39 is 15.8 Å². The van der Waals surface area contributed by atoms with E-state index in [9.17, 15) is 17.6 Å². The highest BCUT2D eigenvalue weighted by Gasteiger charge is 2.13. The number of hydrogen-bond donors (Lipinski definition) is 2. The van der Waals surface area contributed by atoms with Crippen molar-refractivity contribution in [1.29, 1.82) is 0 Å². The monoisotopic (exact) mass is 364 g/mol. The second-order valence-corrected chi connectivity index (χ2v) is 7.52. The molecule has 0 aliphatic carbocycles. The molecule has 0 aliphatic rings. The Morgan fingerprint density at radius 3 is 2.44 bits per heavy atom. The molecule has 2 N–H and O–H groups in total. The van der Waals surface area contributed by atoms with Crippen molar-refractivity contribution in [3.63, 3.8) is 0 Å². The van der Waals surface area contributed by atoms with Gasteiger partial charge in [-0.25, -0.2) is 17.5 Å². The van der Waals surface area contributed by atoms with Crippen LogP contribution in [0.25, 0.3) is 0 Å². The molecular formula is C18H21FN2O3S. The molecule has 5 nitrogen and oxygen atoms in total. The summed E-state index contributed by atoms with van der Waals surface area (Å²) < 4.78 is 39.3. The summed E-state index contributed by atoms with van der Waals surface area (Å²) >= 11 is 0. The quantitative estimate of drug-likeness (QED) is 0.741. The Balaban J connectivity index is 1.81. The van der Waals surface area contributed by atoms with Crippen molar-refractivity contribution in [3.8, 4) is 0 Å². The van der Waals surface area contributed by atoms with Crippen molar-refractivity contribution in [3.05, 3.63) is 59.4 Å². The molecule has 2 aromatic rings. The van der Waals surface area contributed by atoms with Gasteiger partial charge in [0, 0.05) is 18.7 Å². The smallest absolute Gasteiger partial charge is 0.240 e. The van der Waals surface area contributed by atoms with Crippen LogP contribution < -0.4 is 10.0 Å². The van der Waals surface area contributed by atoms with Gasteiger partial charge >= 0.3 is 0 Å². The van der Waals surface area contributed by atoms with E-state index in [2.05, 4.69) is 10.0 Å². The fourth-order valence-electron chi connectivity index (χ4n) is 2.25. The number of sulfonamides is 1. The molecule has 0 spiro atoms. The van der Waals surface area contributed by atoms with Gasteiger partial charge in [0.2, 0.25) is 15.9 Å². The molecule has 0 heterocycles.